The van der Waals surface area contributed by atoms with Gasteiger partial charge in [0.05, 0.1) is 11.5 Å². The fraction of sp³-hybridized carbons (Fsp3) is 0.300. The van der Waals surface area contributed by atoms with E-state index in [0.29, 0.717) is 29.4 Å². The van der Waals surface area contributed by atoms with Crippen molar-refractivity contribution in [3.63, 3.8) is 0 Å². The maximum absolute atomic E-state index is 12.1. The number of ether oxygens (including phenoxy) is 1. The number of hydrogen-bond acceptors (Lipinski definition) is 5. The number of rotatable bonds is 7. The fourth-order valence-electron chi connectivity index (χ4n) is 2.32. The molecule has 0 aliphatic carbocycles. The Bertz CT molecular complexity index is 863. The molecular weight excluding hydrogens is 362 g/mol. The summed E-state index contributed by atoms with van der Waals surface area (Å²) in [6, 6.07) is 10.6. The van der Waals surface area contributed by atoms with E-state index >= 15 is 0 Å². The Morgan fingerprint density at radius 3 is 2.18 bits per heavy atom. The summed E-state index contributed by atoms with van der Waals surface area (Å²) in [5.74, 6) is 0.0469. The number of nitrogens with one attached hydrogen (secondary N) is 2. The van der Waals surface area contributed by atoms with Gasteiger partial charge in [-0.15, -0.1) is 0 Å². The third-order valence-electron chi connectivity index (χ3n) is 4.04. The van der Waals surface area contributed by atoms with Gasteiger partial charge in [0, 0.05) is 22.8 Å². The quantitative estimate of drug-likeness (QED) is 0.560. The minimum Gasteiger partial charge on any atom is -0.494 e. The predicted molar refractivity (Wildman–Crippen MR) is 104 cm³/mol. The molecule has 2 rings (SSSR count). The molecule has 0 aliphatic heterocycles. The first-order chi connectivity index (χ1) is 13.3. The minimum absolute atomic E-state index is 0.0755. The summed E-state index contributed by atoms with van der Waals surface area (Å²) < 4.78 is 5.59. The summed E-state index contributed by atoms with van der Waals surface area (Å²) in [6.45, 7) is 6.40. The van der Waals surface area contributed by atoms with Gasteiger partial charge in [0.25, 0.3) is 17.5 Å². The molecule has 148 valence electrons. The lowest BCUT2D eigenvalue weighted by Crippen LogP contribution is -2.41. The van der Waals surface area contributed by atoms with Gasteiger partial charge < -0.3 is 4.74 Å². The van der Waals surface area contributed by atoms with Crippen molar-refractivity contribution in [1.29, 1.82) is 0 Å². The van der Waals surface area contributed by atoms with Crippen molar-refractivity contribution >= 4 is 17.5 Å². The number of nitro groups is 1. The number of hydrazine groups is 1. The molecule has 0 aromatic heterocycles. The average molecular weight is 385 g/mol. The lowest BCUT2D eigenvalue weighted by atomic mass is 10.1. The van der Waals surface area contributed by atoms with Crippen LogP contribution in [0.3, 0.4) is 0 Å². The smallest absolute Gasteiger partial charge is 0.273 e. The molecular formula is C20H23N3O5. The van der Waals surface area contributed by atoms with Crippen molar-refractivity contribution in [3.8, 4) is 5.75 Å². The topological polar surface area (TPSA) is 111 Å². The monoisotopic (exact) mass is 385 g/mol. The second-order valence-corrected chi connectivity index (χ2v) is 6.72. The first kappa shape index (κ1) is 20.9. The van der Waals surface area contributed by atoms with Crippen LogP contribution in [-0.2, 0) is 0 Å². The van der Waals surface area contributed by atoms with Gasteiger partial charge >= 0.3 is 0 Å². The van der Waals surface area contributed by atoms with Crippen molar-refractivity contribution in [1.82, 2.24) is 10.9 Å². The highest BCUT2D eigenvalue weighted by Crippen LogP contribution is 2.19. The molecule has 0 bridgehead atoms. The van der Waals surface area contributed by atoms with Crippen LogP contribution in [0.5, 0.6) is 5.75 Å². The first-order valence-corrected chi connectivity index (χ1v) is 8.86. The van der Waals surface area contributed by atoms with Gasteiger partial charge in [-0.2, -0.15) is 0 Å². The molecule has 2 amide bonds. The minimum atomic E-state index is -0.648. The molecule has 0 spiro atoms. The zero-order valence-corrected chi connectivity index (χ0v) is 16.0. The maximum Gasteiger partial charge on any atom is 0.273 e. The van der Waals surface area contributed by atoms with Gasteiger partial charge in [-0.1, -0.05) is 19.9 Å². The maximum atomic E-state index is 12.1. The number of benzene rings is 2. The highest BCUT2D eigenvalue weighted by molar-refractivity contribution is 5.99. The summed E-state index contributed by atoms with van der Waals surface area (Å²) >= 11 is 0. The van der Waals surface area contributed by atoms with Gasteiger partial charge in [-0.3, -0.25) is 30.6 Å². The molecule has 0 heterocycles. The largest absolute Gasteiger partial charge is 0.494 e. The summed E-state index contributed by atoms with van der Waals surface area (Å²) in [7, 11) is 0. The Morgan fingerprint density at radius 2 is 1.61 bits per heavy atom. The Kier molecular flexibility index (Phi) is 7.08. The molecule has 28 heavy (non-hydrogen) atoms. The molecule has 2 aromatic carbocycles. The van der Waals surface area contributed by atoms with E-state index < -0.39 is 16.7 Å². The van der Waals surface area contributed by atoms with Crippen LogP contribution in [0.4, 0.5) is 5.69 Å². The number of carbonyl (C=O) groups excluding carboxylic acids is 2. The van der Waals surface area contributed by atoms with Crippen LogP contribution in [0.2, 0.25) is 0 Å². The Labute approximate surface area is 163 Å². The molecule has 0 radical (unpaired) electrons. The zero-order chi connectivity index (χ0) is 20.7. The molecule has 8 nitrogen and oxygen atoms in total. The highest BCUT2D eigenvalue weighted by Gasteiger charge is 2.15. The summed E-state index contributed by atoms with van der Waals surface area (Å²) in [5.41, 5.74) is 5.24. The van der Waals surface area contributed by atoms with Crippen LogP contribution >= 0.6 is 0 Å². The third-order valence-corrected chi connectivity index (χ3v) is 4.04. The summed E-state index contributed by atoms with van der Waals surface area (Å²) in [6.07, 6.45) is 0.936. The van der Waals surface area contributed by atoms with Crippen molar-refractivity contribution in [3.05, 3.63) is 69.3 Å². The van der Waals surface area contributed by atoms with Crippen LogP contribution in [0.25, 0.3) is 0 Å². The number of hydrogen-bond donors (Lipinski definition) is 2. The standard InChI is InChI=1S/C20H23N3O5/c1-13(2)10-11-28-17-8-6-15(7-9-17)19(24)21-22-20(25)16-5-4-14(3)18(12-16)23(26)27/h4-9,12-13H,10-11H2,1-3H3,(H,21,24)(H,22,25). The van der Waals surface area contributed by atoms with Crippen molar-refractivity contribution in [2.75, 3.05) is 6.61 Å². The van der Waals surface area contributed by atoms with Crippen LogP contribution in [0.1, 0.15) is 46.5 Å². The van der Waals surface area contributed by atoms with Crippen molar-refractivity contribution in [2.24, 2.45) is 5.92 Å². The van der Waals surface area contributed by atoms with E-state index in [-0.39, 0.29) is 11.3 Å². The van der Waals surface area contributed by atoms with E-state index in [1.807, 2.05) is 0 Å². The normalized spacial score (nSPS) is 10.4. The molecule has 0 aliphatic rings. The van der Waals surface area contributed by atoms with Crippen molar-refractivity contribution in [2.45, 2.75) is 27.2 Å². The van der Waals surface area contributed by atoms with E-state index in [9.17, 15) is 19.7 Å². The average Bonchev–Trinajstić information content (AvgIpc) is 2.66. The van der Waals surface area contributed by atoms with Crippen LogP contribution in [0.15, 0.2) is 42.5 Å². The fourth-order valence-corrected chi connectivity index (χ4v) is 2.32. The Balaban J connectivity index is 1.92. The molecule has 2 aromatic rings. The van der Waals surface area contributed by atoms with E-state index in [0.717, 1.165) is 6.42 Å². The molecule has 0 atom stereocenters. The molecule has 0 unspecified atom stereocenters. The molecule has 8 heteroatoms. The number of aryl methyl sites for hydroxylation is 1. The highest BCUT2D eigenvalue weighted by atomic mass is 16.6. The lowest BCUT2D eigenvalue weighted by Gasteiger charge is -2.10. The summed E-state index contributed by atoms with van der Waals surface area (Å²) in [5, 5.41) is 11.0. The first-order valence-electron chi connectivity index (χ1n) is 8.86. The van der Waals surface area contributed by atoms with Crippen LogP contribution in [-0.4, -0.2) is 23.3 Å². The van der Waals surface area contributed by atoms with Gasteiger partial charge in [0.15, 0.2) is 0 Å². The Hall–Kier alpha value is -3.42. The third kappa shape index (κ3) is 5.80. The van der Waals surface area contributed by atoms with E-state index in [1.165, 1.54) is 18.2 Å². The van der Waals surface area contributed by atoms with Gasteiger partial charge in [0.2, 0.25) is 0 Å². The van der Waals surface area contributed by atoms with Gasteiger partial charge in [0.1, 0.15) is 5.75 Å². The lowest BCUT2D eigenvalue weighted by molar-refractivity contribution is -0.385. The SMILES string of the molecule is Cc1ccc(C(=O)NNC(=O)c2ccc(OCCC(C)C)cc2)cc1[N+](=O)[O-]. The van der Waals surface area contributed by atoms with Crippen LogP contribution < -0.4 is 15.6 Å². The predicted octanol–water partition coefficient (Wildman–Crippen LogP) is 3.40. The summed E-state index contributed by atoms with van der Waals surface area (Å²) in [4.78, 5) is 34.7. The van der Waals surface area contributed by atoms with Gasteiger partial charge in [-0.05, 0) is 49.6 Å². The molecule has 0 saturated heterocycles. The van der Waals surface area contributed by atoms with E-state index in [1.54, 1.807) is 31.2 Å². The second-order valence-electron chi connectivity index (χ2n) is 6.72. The molecule has 0 fully saturated rings. The zero-order valence-electron chi connectivity index (χ0n) is 16.0. The van der Waals surface area contributed by atoms with Crippen molar-refractivity contribution < 1.29 is 19.2 Å². The molecule has 2 N–H and O–H groups in total. The number of carbonyl (C=O) groups is 2. The van der Waals surface area contributed by atoms with Crippen LogP contribution in [0, 0.1) is 23.0 Å². The second kappa shape index (κ2) is 9.50. The number of amides is 2. The van der Waals surface area contributed by atoms with E-state index in [2.05, 4.69) is 24.7 Å². The molecule has 0 saturated carbocycles. The van der Waals surface area contributed by atoms with Gasteiger partial charge in [-0.25, -0.2) is 0 Å². The van der Waals surface area contributed by atoms with E-state index in [4.69, 9.17) is 4.74 Å². The number of nitrogens with zero attached hydrogens (tertiary/aromatic N) is 1. The Morgan fingerprint density at radius 1 is 1.04 bits per heavy atom. The number of nitro benzene ring substituents is 1.